The van der Waals surface area contributed by atoms with E-state index < -0.39 is 0 Å². The van der Waals surface area contributed by atoms with E-state index in [9.17, 15) is 4.79 Å². The van der Waals surface area contributed by atoms with Gasteiger partial charge in [-0.2, -0.15) is 5.10 Å². The molecule has 0 aliphatic rings. The number of thiazole rings is 2. The fraction of sp³-hybridized carbons (Fsp3) is 0.133. The Kier molecular flexibility index (Phi) is 3.58. The van der Waals surface area contributed by atoms with E-state index in [1.807, 2.05) is 25.3 Å². The molecule has 1 N–H and O–H groups in total. The number of amides is 1. The van der Waals surface area contributed by atoms with Crippen LogP contribution in [-0.4, -0.2) is 30.6 Å². The number of nitrogens with one attached hydrogen (secondary N) is 1. The van der Waals surface area contributed by atoms with Crippen molar-refractivity contribution in [1.29, 1.82) is 0 Å². The van der Waals surface area contributed by atoms with Gasteiger partial charge in [0.2, 0.25) is 0 Å². The van der Waals surface area contributed by atoms with Crippen LogP contribution in [0.5, 0.6) is 0 Å². The van der Waals surface area contributed by atoms with Gasteiger partial charge in [0.15, 0.2) is 5.13 Å². The molecular weight excluding hydrogens is 344 g/mol. The zero-order valence-electron chi connectivity index (χ0n) is 12.8. The predicted molar refractivity (Wildman–Crippen MR) is 94.4 cm³/mol. The Morgan fingerprint density at radius 1 is 1.21 bits per heavy atom. The quantitative estimate of drug-likeness (QED) is 0.609. The molecule has 0 atom stereocenters. The molecule has 0 aromatic carbocycles. The van der Waals surface area contributed by atoms with Crippen molar-refractivity contribution < 1.29 is 4.79 Å². The normalized spacial score (nSPS) is 11.1. The molecule has 4 aromatic heterocycles. The van der Waals surface area contributed by atoms with Gasteiger partial charge in [0, 0.05) is 24.3 Å². The third-order valence-corrected chi connectivity index (χ3v) is 5.19. The number of aryl methyl sites for hydroxylation is 2. The SMILES string of the molecule is Cc1cnc(-c2ccc3nc(NC(=O)c4ccnn4C)sc3n2)s1. The average Bonchev–Trinajstić information content (AvgIpc) is 3.25. The maximum absolute atomic E-state index is 12.2. The number of anilines is 1. The van der Waals surface area contributed by atoms with E-state index >= 15 is 0 Å². The number of hydrogen-bond donors (Lipinski definition) is 1. The second kappa shape index (κ2) is 5.77. The van der Waals surface area contributed by atoms with Crippen LogP contribution in [0.4, 0.5) is 5.13 Å². The summed E-state index contributed by atoms with van der Waals surface area (Å²) in [5, 5.41) is 8.17. The van der Waals surface area contributed by atoms with Crippen LogP contribution in [0.1, 0.15) is 15.4 Å². The van der Waals surface area contributed by atoms with Crippen LogP contribution >= 0.6 is 22.7 Å². The lowest BCUT2D eigenvalue weighted by Crippen LogP contribution is -2.15. The molecular formula is C15H12N6OS2. The van der Waals surface area contributed by atoms with Crippen molar-refractivity contribution >= 4 is 44.1 Å². The lowest BCUT2D eigenvalue weighted by Gasteiger charge is -2.00. The van der Waals surface area contributed by atoms with E-state index in [0.29, 0.717) is 10.8 Å². The van der Waals surface area contributed by atoms with Crippen LogP contribution in [0.15, 0.2) is 30.6 Å². The number of rotatable bonds is 3. The van der Waals surface area contributed by atoms with Crippen molar-refractivity contribution in [2.24, 2.45) is 7.05 Å². The average molecular weight is 356 g/mol. The first-order valence-electron chi connectivity index (χ1n) is 7.10. The van der Waals surface area contributed by atoms with Crippen LogP contribution in [-0.2, 0) is 7.05 Å². The van der Waals surface area contributed by atoms with Crippen LogP contribution in [0.3, 0.4) is 0 Å². The summed E-state index contributed by atoms with van der Waals surface area (Å²) in [7, 11) is 1.72. The lowest BCUT2D eigenvalue weighted by molar-refractivity contribution is 0.101. The predicted octanol–water partition coefficient (Wildman–Crippen LogP) is 3.11. The van der Waals surface area contributed by atoms with E-state index in [1.165, 1.54) is 16.0 Å². The summed E-state index contributed by atoms with van der Waals surface area (Å²) in [4.78, 5) is 27.5. The first kappa shape index (κ1) is 14.9. The second-order valence-corrected chi connectivity index (χ2v) is 7.32. The van der Waals surface area contributed by atoms with Crippen molar-refractivity contribution in [3.05, 3.63) is 41.2 Å². The molecule has 0 saturated carbocycles. The molecule has 0 fully saturated rings. The van der Waals surface area contributed by atoms with Gasteiger partial charge in [0.1, 0.15) is 26.7 Å². The third kappa shape index (κ3) is 2.68. The Hall–Kier alpha value is -2.65. The highest BCUT2D eigenvalue weighted by atomic mass is 32.1. The minimum absolute atomic E-state index is 0.246. The number of fused-ring (bicyclic) bond motifs is 1. The molecule has 0 aliphatic carbocycles. The maximum Gasteiger partial charge on any atom is 0.275 e. The first-order valence-corrected chi connectivity index (χ1v) is 8.73. The zero-order valence-corrected chi connectivity index (χ0v) is 14.5. The number of hydrogen-bond acceptors (Lipinski definition) is 7. The Bertz CT molecular complexity index is 1050. The van der Waals surface area contributed by atoms with Crippen molar-refractivity contribution in [2.75, 3.05) is 5.32 Å². The topological polar surface area (TPSA) is 85.6 Å². The Balaban J connectivity index is 1.64. The minimum Gasteiger partial charge on any atom is -0.296 e. The van der Waals surface area contributed by atoms with Crippen molar-refractivity contribution in [1.82, 2.24) is 24.7 Å². The molecule has 4 aromatic rings. The van der Waals surface area contributed by atoms with Gasteiger partial charge in [-0.15, -0.1) is 11.3 Å². The molecule has 9 heteroatoms. The Morgan fingerprint density at radius 3 is 2.79 bits per heavy atom. The van der Waals surface area contributed by atoms with Gasteiger partial charge in [0.05, 0.1) is 0 Å². The van der Waals surface area contributed by atoms with Crippen LogP contribution < -0.4 is 5.32 Å². The molecule has 0 aliphatic heterocycles. The van der Waals surface area contributed by atoms with Gasteiger partial charge in [0.25, 0.3) is 5.91 Å². The summed E-state index contributed by atoms with van der Waals surface area (Å²) in [5.74, 6) is -0.246. The molecule has 0 radical (unpaired) electrons. The smallest absolute Gasteiger partial charge is 0.275 e. The summed E-state index contributed by atoms with van der Waals surface area (Å²) >= 11 is 2.94. The molecule has 7 nitrogen and oxygen atoms in total. The molecule has 24 heavy (non-hydrogen) atoms. The maximum atomic E-state index is 12.2. The summed E-state index contributed by atoms with van der Waals surface area (Å²) < 4.78 is 1.52. The van der Waals surface area contributed by atoms with Gasteiger partial charge in [-0.05, 0) is 25.1 Å². The Labute approximate surface area is 145 Å². The molecule has 4 heterocycles. The highest BCUT2D eigenvalue weighted by Crippen LogP contribution is 2.29. The minimum atomic E-state index is -0.246. The van der Waals surface area contributed by atoms with Crippen molar-refractivity contribution in [2.45, 2.75) is 6.92 Å². The lowest BCUT2D eigenvalue weighted by atomic mass is 10.3. The van der Waals surface area contributed by atoms with E-state index in [-0.39, 0.29) is 5.91 Å². The fourth-order valence-electron chi connectivity index (χ4n) is 2.22. The number of pyridine rings is 1. The summed E-state index contributed by atoms with van der Waals surface area (Å²) in [5.41, 5.74) is 2.03. The van der Waals surface area contributed by atoms with E-state index in [4.69, 9.17) is 0 Å². The monoisotopic (exact) mass is 356 g/mol. The van der Waals surface area contributed by atoms with Gasteiger partial charge in [-0.1, -0.05) is 11.3 Å². The Morgan fingerprint density at radius 2 is 2.08 bits per heavy atom. The largest absolute Gasteiger partial charge is 0.296 e. The first-order chi connectivity index (χ1) is 11.6. The van der Waals surface area contributed by atoms with Crippen molar-refractivity contribution in [3.63, 3.8) is 0 Å². The van der Waals surface area contributed by atoms with Gasteiger partial charge in [-0.3, -0.25) is 14.8 Å². The van der Waals surface area contributed by atoms with E-state index in [0.717, 1.165) is 25.9 Å². The van der Waals surface area contributed by atoms with E-state index in [1.54, 1.807) is 30.6 Å². The molecule has 120 valence electrons. The summed E-state index contributed by atoms with van der Waals surface area (Å²) in [6.45, 7) is 2.01. The zero-order chi connectivity index (χ0) is 16.7. The number of aromatic nitrogens is 5. The van der Waals surface area contributed by atoms with Gasteiger partial charge < -0.3 is 0 Å². The number of carbonyl (C=O) groups is 1. The molecule has 0 bridgehead atoms. The molecule has 0 spiro atoms. The number of carbonyl (C=O) groups excluding carboxylic acids is 1. The van der Waals surface area contributed by atoms with Crippen molar-refractivity contribution in [3.8, 4) is 10.7 Å². The van der Waals surface area contributed by atoms with Crippen LogP contribution in [0, 0.1) is 6.92 Å². The van der Waals surface area contributed by atoms with Gasteiger partial charge >= 0.3 is 0 Å². The highest BCUT2D eigenvalue weighted by molar-refractivity contribution is 7.22. The molecule has 0 saturated heterocycles. The standard InChI is InChI=1S/C15H12N6OS2/c1-8-7-16-13(23-8)9-3-4-10-14(18-9)24-15(19-10)20-12(22)11-5-6-17-21(11)2/h3-7H,1-2H3,(H,19,20,22). The van der Waals surface area contributed by atoms with E-state index in [2.05, 4.69) is 25.4 Å². The van der Waals surface area contributed by atoms with Crippen LogP contribution in [0.25, 0.3) is 21.0 Å². The summed E-state index contributed by atoms with van der Waals surface area (Å²) in [6.07, 6.45) is 3.41. The summed E-state index contributed by atoms with van der Waals surface area (Å²) in [6, 6.07) is 5.45. The van der Waals surface area contributed by atoms with Gasteiger partial charge in [-0.25, -0.2) is 15.0 Å². The molecule has 4 rings (SSSR count). The van der Waals surface area contributed by atoms with Crippen LogP contribution in [0.2, 0.25) is 0 Å². The molecule has 1 amide bonds. The third-order valence-electron chi connectivity index (χ3n) is 3.37. The molecule has 0 unspecified atom stereocenters. The number of nitrogens with zero attached hydrogens (tertiary/aromatic N) is 5. The second-order valence-electron chi connectivity index (χ2n) is 5.11. The highest BCUT2D eigenvalue weighted by Gasteiger charge is 2.14. The fourth-order valence-corrected chi connectivity index (χ4v) is 3.79.